The van der Waals surface area contributed by atoms with Crippen LogP contribution in [0.2, 0.25) is 0 Å². The second kappa shape index (κ2) is 8.94. The largest absolute Gasteiger partial charge is 0.461 e. The molecule has 0 amide bonds. The molecule has 0 radical (unpaired) electrons. The molecular weight excluding hydrogens is 388 g/mol. The SMILES string of the molecule is OC1C[C@@H]2[C@@H](C=C[C@@H](OC3CCCCO3)C3OCc4ccccc4O3)[C@H](O)C[C@@H]2O1. The Hall–Kier alpha value is -1.48. The second-order valence-electron chi connectivity index (χ2n) is 8.60. The zero-order valence-electron chi connectivity index (χ0n) is 17.0. The third-order valence-corrected chi connectivity index (χ3v) is 6.55. The van der Waals surface area contributed by atoms with Crippen LogP contribution in [0.1, 0.15) is 37.7 Å². The summed E-state index contributed by atoms with van der Waals surface area (Å²) in [6.07, 6.45) is 5.24. The number of benzene rings is 1. The highest BCUT2D eigenvalue weighted by Crippen LogP contribution is 2.43. The minimum atomic E-state index is -0.743. The Labute approximate surface area is 176 Å². The van der Waals surface area contributed by atoms with Crippen LogP contribution in [0, 0.1) is 11.8 Å². The highest BCUT2D eigenvalue weighted by Gasteiger charge is 2.48. The van der Waals surface area contributed by atoms with Gasteiger partial charge in [-0.2, -0.15) is 0 Å². The summed E-state index contributed by atoms with van der Waals surface area (Å²) in [5, 5.41) is 20.3. The molecule has 0 spiro atoms. The molecule has 2 saturated heterocycles. The standard InChI is InChI=1S/C23H30O7/c24-17-12-20-16(11-21(25)28-20)15(17)8-9-19(29-22-7-3-4-10-26-22)23-27-13-14-5-1-2-6-18(14)30-23/h1-2,5-6,8-9,15-17,19-25H,3-4,7,10-13H2/t15-,16-,17-,19-,20+,21?,22?,23?/m1/s1. The maximum atomic E-state index is 10.5. The van der Waals surface area contributed by atoms with Crippen LogP contribution in [0.4, 0.5) is 0 Å². The van der Waals surface area contributed by atoms with Gasteiger partial charge in [-0.15, -0.1) is 0 Å². The molecule has 1 aromatic carbocycles. The summed E-state index contributed by atoms with van der Waals surface area (Å²) >= 11 is 0. The molecule has 0 bridgehead atoms. The topological polar surface area (TPSA) is 86.6 Å². The molecular formula is C23H30O7. The van der Waals surface area contributed by atoms with E-state index in [2.05, 4.69) is 0 Å². The maximum Gasteiger partial charge on any atom is 0.230 e. The Kier molecular flexibility index (Phi) is 6.09. The molecule has 30 heavy (non-hydrogen) atoms. The van der Waals surface area contributed by atoms with E-state index in [1.54, 1.807) is 0 Å². The Morgan fingerprint density at radius 2 is 2.00 bits per heavy atom. The van der Waals surface area contributed by atoms with Gasteiger partial charge in [-0.3, -0.25) is 0 Å². The number of aliphatic hydroxyl groups is 2. The molecule has 8 atom stereocenters. The summed E-state index contributed by atoms with van der Waals surface area (Å²) < 4.78 is 29.6. The van der Waals surface area contributed by atoms with Crippen molar-refractivity contribution in [1.82, 2.24) is 0 Å². The van der Waals surface area contributed by atoms with Crippen molar-refractivity contribution in [1.29, 1.82) is 0 Å². The van der Waals surface area contributed by atoms with E-state index in [0.717, 1.165) is 30.6 Å². The molecule has 164 valence electrons. The number of rotatable bonds is 5. The molecule has 3 fully saturated rings. The van der Waals surface area contributed by atoms with E-state index >= 15 is 0 Å². The molecule has 2 N–H and O–H groups in total. The number of hydrogen-bond acceptors (Lipinski definition) is 7. The number of hydrogen-bond donors (Lipinski definition) is 2. The lowest BCUT2D eigenvalue weighted by Gasteiger charge is -2.34. The third-order valence-electron chi connectivity index (χ3n) is 6.55. The molecule has 3 heterocycles. The first-order valence-electron chi connectivity index (χ1n) is 11.0. The normalized spacial score (nSPS) is 39.5. The van der Waals surface area contributed by atoms with Crippen molar-refractivity contribution < 1.29 is 33.9 Å². The van der Waals surface area contributed by atoms with Gasteiger partial charge in [0.05, 0.1) is 18.8 Å². The number of ether oxygens (including phenoxy) is 5. The van der Waals surface area contributed by atoms with Crippen molar-refractivity contribution in [3.8, 4) is 5.75 Å². The minimum absolute atomic E-state index is 0.0959. The fourth-order valence-electron chi connectivity index (χ4n) is 4.99. The zero-order valence-corrected chi connectivity index (χ0v) is 17.0. The highest BCUT2D eigenvalue weighted by atomic mass is 16.7. The fourth-order valence-corrected chi connectivity index (χ4v) is 4.99. The molecule has 5 rings (SSSR count). The quantitative estimate of drug-likeness (QED) is 0.711. The predicted molar refractivity (Wildman–Crippen MR) is 106 cm³/mol. The summed E-state index contributed by atoms with van der Waals surface area (Å²) in [5.41, 5.74) is 1.01. The average molecular weight is 418 g/mol. The van der Waals surface area contributed by atoms with Gasteiger partial charge in [-0.25, -0.2) is 0 Å². The Morgan fingerprint density at radius 1 is 1.10 bits per heavy atom. The van der Waals surface area contributed by atoms with Crippen molar-refractivity contribution in [2.75, 3.05) is 6.61 Å². The third kappa shape index (κ3) is 4.28. The molecule has 7 nitrogen and oxygen atoms in total. The number of aliphatic hydroxyl groups excluding tert-OH is 2. The molecule has 7 heteroatoms. The molecule has 1 aliphatic carbocycles. The van der Waals surface area contributed by atoms with Gasteiger partial charge >= 0.3 is 0 Å². The van der Waals surface area contributed by atoms with Crippen LogP contribution in [0.5, 0.6) is 5.75 Å². The average Bonchev–Trinajstić information content (AvgIpc) is 3.26. The summed E-state index contributed by atoms with van der Waals surface area (Å²) in [4.78, 5) is 0. The Balaban J connectivity index is 1.33. The van der Waals surface area contributed by atoms with Crippen molar-refractivity contribution in [2.45, 2.75) is 75.9 Å². The highest BCUT2D eigenvalue weighted by molar-refractivity contribution is 5.34. The first kappa shape index (κ1) is 20.4. The first-order valence-corrected chi connectivity index (χ1v) is 11.0. The van der Waals surface area contributed by atoms with Crippen LogP contribution in [0.25, 0.3) is 0 Å². The molecule has 1 saturated carbocycles. The van der Waals surface area contributed by atoms with Gasteiger partial charge in [0.2, 0.25) is 6.29 Å². The zero-order chi connectivity index (χ0) is 20.5. The van der Waals surface area contributed by atoms with Crippen LogP contribution in [0.15, 0.2) is 36.4 Å². The molecule has 3 aliphatic heterocycles. The van der Waals surface area contributed by atoms with Gasteiger partial charge in [0, 0.05) is 30.9 Å². The molecule has 4 aliphatic rings. The van der Waals surface area contributed by atoms with E-state index in [0.29, 0.717) is 26.1 Å². The summed E-state index contributed by atoms with van der Waals surface area (Å²) in [7, 11) is 0. The summed E-state index contributed by atoms with van der Waals surface area (Å²) in [6.45, 7) is 1.15. The first-order chi connectivity index (χ1) is 14.7. The van der Waals surface area contributed by atoms with Crippen molar-refractivity contribution in [2.24, 2.45) is 11.8 Å². The van der Waals surface area contributed by atoms with Crippen molar-refractivity contribution in [3.05, 3.63) is 42.0 Å². The summed E-state index contributed by atoms with van der Waals surface area (Å²) in [6, 6.07) is 7.83. The van der Waals surface area contributed by atoms with Gasteiger partial charge in [0.15, 0.2) is 12.6 Å². The van der Waals surface area contributed by atoms with Crippen LogP contribution in [-0.2, 0) is 25.6 Å². The fraction of sp³-hybridized carbons (Fsp3) is 0.652. The molecule has 0 aromatic heterocycles. The van der Waals surface area contributed by atoms with Gasteiger partial charge < -0.3 is 33.9 Å². The van der Waals surface area contributed by atoms with Crippen LogP contribution >= 0.6 is 0 Å². The lowest BCUT2D eigenvalue weighted by molar-refractivity contribution is -0.236. The maximum absolute atomic E-state index is 10.5. The summed E-state index contributed by atoms with van der Waals surface area (Å²) in [5.74, 6) is 0.807. The van der Waals surface area contributed by atoms with Crippen LogP contribution < -0.4 is 4.74 Å². The lowest BCUT2D eigenvalue weighted by Crippen LogP contribution is -2.41. The molecule has 3 unspecified atom stereocenters. The van der Waals surface area contributed by atoms with Gasteiger partial charge in [0.1, 0.15) is 11.9 Å². The van der Waals surface area contributed by atoms with Gasteiger partial charge in [-0.05, 0) is 31.2 Å². The van der Waals surface area contributed by atoms with E-state index in [1.165, 1.54) is 0 Å². The predicted octanol–water partition coefficient (Wildman–Crippen LogP) is 2.49. The molecule has 1 aromatic rings. The van der Waals surface area contributed by atoms with Gasteiger partial charge in [0.25, 0.3) is 0 Å². The van der Waals surface area contributed by atoms with Crippen molar-refractivity contribution >= 4 is 0 Å². The Morgan fingerprint density at radius 3 is 2.87 bits per heavy atom. The van der Waals surface area contributed by atoms with E-state index in [9.17, 15) is 10.2 Å². The van der Waals surface area contributed by atoms with Crippen molar-refractivity contribution in [3.63, 3.8) is 0 Å². The van der Waals surface area contributed by atoms with Crippen LogP contribution in [-0.4, -0.2) is 54.0 Å². The minimum Gasteiger partial charge on any atom is -0.461 e. The Bertz CT molecular complexity index is 747. The van der Waals surface area contributed by atoms with E-state index in [4.69, 9.17) is 23.7 Å². The number of fused-ring (bicyclic) bond motifs is 2. The lowest BCUT2D eigenvalue weighted by atomic mass is 9.91. The van der Waals surface area contributed by atoms with Gasteiger partial charge in [-0.1, -0.05) is 30.4 Å². The van der Waals surface area contributed by atoms with E-state index in [-0.39, 0.29) is 24.2 Å². The van der Waals surface area contributed by atoms with E-state index < -0.39 is 24.8 Å². The smallest absolute Gasteiger partial charge is 0.230 e. The monoisotopic (exact) mass is 418 g/mol. The second-order valence-corrected chi connectivity index (χ2v) is 8.60. The van der Waals surface area contributed by atoms with E-state index in [1.807, 2.05) is 36.4 Å². The van der Waals surface area contributed by atoms with Crippen LogP contribution in [0.3, 0.4) is 0 Å². The number of para-hydroxylation sites is 1.